The fourth-order valence-corrected chi connectivity index (χ4v) is 3.95. The van der Waals surface area contributed by atoms with Crippen LogP contribution in [0.5, 0.6) is 0 Å². The molecule has 0 bridgehead atoms. The molecule has 0 fully saturated rings. The van der Waals surface area contributed by atoms with E-state index in [1.165, 1.54) is 33.8 Å². The third kappa shape index (κ3) is 2.92. The van der Waals surface area contributed by atoms with Crippen LogP contribution in [0.25, 0.3) is 21.4 Å². The summed E-state index contributed by atoms with van der Waals surface area (Å²) in [5.41, 5.74) is 0.0348. The van der Waals surface area contributed by atoms with Gasteiger partial charge in [-0.1, -0.05) is 22.9 Å². The van der Waals surface area contributed by atoms with Gasteiger partial charge in [0, 0.05) is 19.1 Å². The second-order valence-electron chi connectivity index (χ2n) is 5.94. The van der Waals surface area contributed by atoms with Crippen LogP contribution in [0, 0.1) is 0 Å². The summed E-state index contributed by atoms with van der Waals surface area (Å²) in [4.78, 5) is 45.8. The highest BCUT2D eigenvalue weighted by Gasteiger charge is 2.17. The van der Waals surface area contributed by atoms with Crippen molar-refractivity contribution >= 4 is 55.4 Å². The van der Waals surface area contributed by atoms with Crippen molar-refractivity contribution in [3.05, 3.63) is 50.4 Å². The maximum Gasteiger partial charge on any atom is 0.332 e. The molecule has 0 saturated heterocycles. The minimum Gasteiger partial charge on any atom is -0.328 e. The molecule has 0 atom stereocenters. The lowest BCUT2D eigenvalue weighted by Crippen LogP contribution is -2.42. The molecule has 1 aromatic carbocycles. The maximum atomic E-state index is 12.6. The Balaban J connectivity index is 1.67. The lowest BCUT2D eigenvalue weighted by molar-refractivity contribution is -0.116. The van der Waals surface area contributed by atoms with Gasteiger partial charge in [-0.15, -0.1) is 0 Å². The number of nitrogens with zero attached hydrogens (tertiary/aromatic N) is 5. The van der Waals surface area contributed by atoms with Crippen LogP contribution in [0.2, 0.25) is 5.02 Å². The molecule has 0 aliphatic rings. The average molecular weight is 405 g/mol. The first-order chi connectivity index (χ1) is 12.8. The number of hydrogen-bond acceptors (Lipinski definition) is 6. The van der Waals surface area contributed by atoms with E-state index in [0.29, 0.717) is 15.7 Å². The van der Waals surface area contributed by atoms with Gasteiger partial charge in [-0.05, 0) is 18.2 Å². The number of hydrogen-bond donors (Lipinski definition) is 1. The number of benzene rings is 1. The molecular formula is C16H13ClN6O3S. The van der Waals surface area contributed by atoms with E-state index in [2.05, 4.69) is 15.3 Å². The molecule has 1 N–H and O–H groups in total. The van der Waals surface area contributed by atoms with Crippen molar-refractivity contribution in [2.45, 2.75) is 6.54 Å². The monoisotopic (exact) mass is 404 g/mol. The van der Waals surface area contributed by atoms with E-state index >= 15 is 0 Å². The van der Waals surface area contributed by atoms with Gasteiger partial charge in [-0.2, -0.15) is 0 Å². The number of halogens is 1. The van der Waals surface area contributed by atoms with E-state index in [0.717, 1.165) is 9.27 Å². The predicted octanol–water partition coefficient (Wildman–Crippen LogP) is 1.34. The lowest BCUT2D eigenvalue weighted by atomic mass is 10.3. The molecule has 4 aromatic rings. The Kier molecular flexibility index (Phi) is 4.08. The summed E-state index contributed by atoms with van der Waals surface area (Å²) >= 11 is 7.21. The standard InChI is InChI=1S/C16H13ClN6O3S/c1-21-7-18-13-12(21)14(25)23(16(26)22(13)2)6-11(24)20-15-19-9-4-3-8(17)5-10(9)27-15/h3-5,7H,6H2,1-2H3,(H,19,20,24). The molecule has 0 unspecified atom stereocenters. The molecule has 138 valence electrons. The molecule has 11 heteroatoms. The van der Waals surface area contributed by atoms with E-state index in [4.69, 9.17) is 11.6 Å². The molecule has 0 spiro atoms. The van der Waals surface area contributed by atoms with E-state index in [1.807, 2.05) is 0 Å². The Morgan fingerprint density at radius 2 is 2.07 bits per heavy atom. The highest BCUT2D eigenvalue weighted by atomic mass is 35.5. The van der Waals surface area contributed by atoms with Crippen molar-refractivity contribution in [2.24, 2.45) is 14.1 Å². The van der Waals surface area contributed by atoms with Crippen LogP contribution in [-0.4, -0.2) is 29.6 Å². The molecule has 0 saturated carbocycles. The third-order valence-electron chi connectivity index (χ3n) is 4.10. The van der Waals surface area contributed by atoms with Crippen LogP contribution < -0.4 is 16.6 Å². The van der Waals surface area contributed by atoms with E-state index in [-0.39, 0.29) is 11.2 Å². The van der Waals surface area contributed by atoms with Crippen molar-refractivity contribution in [3.8, 4) is 0 Å². The Hall–Kier alpha value is -2.98. The van der Waals surface area contributed by atoms with Crippen molar-refractivity contribution in [1.29, 1.82) is 0 Å². The topological polar surface area (TPSA) is 104 Å². The maximum absolute atomic E-state index is 12.6. The first-order valence-corrected chi connectivity index (χ1v) is 9.01. The predicted molar refractivity (Wildman–Crippen MR) is 103 cm³/mol. The van der Waals surface area contributed by atoms with Gasteiger partial charge in [0.2, 0.25) is 5.91 Å². The van der Waals surface area contributed by atoms with Crippen LogP contribution in [0.3, 0.4) is 0 Å². The lowest BCUT2D eigenvalue weighted by Gasteiger charge is -2.08. The van der Waals surface area contributed by atoms with Gasteiger partial charge >= 0.3 is 5.69 Å². The van der Waals surface area contributed by atoms with Crippen LogP contribution in [0.15, 0.2) is 34.1 Å². The normalized spacial score (nSPS) is 11.4. The molecule has 4 rings (SSSR count). The molecule has 27 heavy (non-hydrogen) atoms. The number of aryl methyl sites for hydroxylation is 2. The number of aromatic nitrogens is 5. The summed E-state index contributed by atoms with van der Waals surface area (Å²) in [7, 11) is 3.15. The minimum absolute atomic E-state index is 0.250. The van der Waals surface area contributed by atoms with Gasteiger partial charge in [0.05, 0.1) is 16.5 Å². The van der Waals surface area contributed by atoms with Crippen molar-refractivity contribution in [1.82, 2.24) is 23.7 Å². The largest absolute Gasteiger partial charge is 0.332 e. The molecule has 3 heterocycles. The Labute approximate surface area is 160 Å². The second-order valence-corrected chi connectivity index (χ2v) is 7.41. The number of anilines is 1. The zero-order valence-electron chi connectivity index (χ0n) is 14.3. The molecule has 9 nitrogen and oxygen atoms in total. The summed E-state index contributed by atoms with van der Waals surface area (Å²) in [5, 5.41) is 3.56. The summed E-state index contributed by atoms with van der Waals surface area (Å²) in [5.74, 6) is -0.527. The number of amides is 1. The van der Waals surface area contributed by atoms with Gasteiger partial charge in [0.1, 0.15) is 6.54 Å². The molecule has 0 aliphatic heterocycles. The van der Waals surface area contributed by atoms with Crippen LogP contribution >= 0.6 is 22.9 Å². The van der Waals surface area contributed by atoms with Crippen molar-refractivity contribution < 1.29 is 4.79 Å². The Morgan fingerprint density at radius 1 is 1.30 bits per heavy atom. The van der Waals surface area contributed by atoms with Crippen molar-refractivity contribution in [2.75, 3.05) is 5.32 Å². The second kappa shape index (κ2) is 6.32. The number of nitrogens with one attached hydrogen (secondary N) is 1. The number of fused-ring (bicyclic) bond motifs is 2. The fraction of sp³-hybridized carbons (Fsp3) is 0.188. The van der Waals surface area contributed by atoms with Crippen molar-refractivity contribution in [3.63, 3.8) is 0 Å². The van der Waals surface area contributed by atoms with E-state index in [9.17, 15) is 14.4 Å². The zero-order valence-corrected chi connectivity index (χ0v) is 15.8. The van der Waals surface area contributed by atoms with Crippen LogP contribution in [-0.2, 0) is 25.4 Å². The quantitative estimate of drug-likeness (QED) is 0.555. The molecular weight excluding hydrogens is 392 g/mol. The Bertz CT molecular complexity index is 1330. The SMILES string of the molecule is Cn1cnc2c1c(=O)n(CC(=O)Nc1nc3ccc(Cl)cc3s1)c(=O)n2C. The molecule has 1 amide bonds. The summed E-state index contributed by atoms with van der Waals surface area (Å²) in [6.07, 6.45) is 1.45. The zero-order chi connectivity index (χ0) is 19.3. The first-order valence-electron chi connectivity index (χ1n) is 7.82. The number of rotatable bonds is 3. The highest BCUT2D eigenvalue weighted by molar-refractivity contribution is 7.22. The van der Waals surface area contributed by atoms with E-state index < -0.39 is 23.7 Å². The summed E-state index contributed by atoms with van der Waals surface area (Å²) < 4.78 is 4.46. The smallest absolute Gasteiger partial charge is 0.328 e. The van der Waals surface area contributed by atoms with Gasteiger partial charge in [0.25, 0.3) is 5.56 Å². The molecule has 3 aromatic heterocycles. The Morgan fingerprint density at radius 3 is 2.85 bits per heavy atom. The number of imidazole rings is 1. The minimum atomic E-state index is -0.613. The van der Waals surface area contributed by atoms with Crippen LogP contribution in [0.1, 0.15) is 0 Å². The molecule has 0 radical (unpaired) electrons. The summed E-state index contributed by atoms with van der Waals surface area (Å²) in [6.45, 7) is -0.427. The van der Waals surface area contributed by atoms with Gasteiger partial charge in [-0.3, -0.25) is 14.2 Å². The number of carbonyl (C=O) groups is 1. The third-order valence-corrected chi connectivity index (χ3v) is 5.27. The van der Waals surface area contributed by atoms with E-state index in [1.54, 1.807) is 25.2 Å². The van der Waals surface area contributed by atoms with Crippen LogP contribution in [0.4, 0.5) is 5.13 Å². The average Bonchev–Trinajstić information content (AvgIpc) is 3.19. The first kappa shape index (κ1) is 17.4. The molecule has 0 aliphatic carbocycles. The fourth-order valence-electron chi connectivity index (χ4n) is 2.79. The number of carbonyl (C=O) groups excluding carboxylic acids is 1. The summed E-state index contributed by atoms with van der Waals surface area (Å²) in [6, 6.07) is 5.21. The highest BCUT2D eigenvalue weighted by Crippen LogP contribution is 2.28. The van der Waals surface area contributed by atoms with Gasteiger partial charge in [-0.25, -0.2) is 19.3 Å². The van der Waals surface area contributed by atoms with Gasteiger partial charge < -0.3 is 9.88 Å². The van der Waals surface area contributed by atoms with Gasteiger partial charge in [0.15, 0.2) is 16.3 Å². The number of thiazole rings is 1.